The van der Waals surface area contributed by atoms with E-state index in [1.165, 1.54) is 12.3 Å². The van der Waals surface area contributed by atoms with Crippen molar-refractivity contribution >= 4 is 5.97 Å². The Labute approximate surface area is 93.3 Å². The Morgan fingerprint density at radius 2 is 2.31 bits per heavy atom. The zero-order valence-electron chi connectivity index (χ0n) is 9.11. The van der Waals surface area contributed by atoms with Gasteiger partial charge in [-0.2, -0.15) is 0 Å². The normalized spacial score (nSPS) is 19.1. The van der Waals surface area contributed by atoms with Crippen LogP contribution in [0.15, 0.2) is 18.5 Å². The molecule has 1 atom stereocenters. The van der Waals surface area contributed by atoms with E-state index in [0.29, 0.717) is 12.0 Å². The highest BCUT2D eigenvalue weighted by Crippen LogP contribution is 2.47. The lowest BCUT2D eigenvalue weighted by atomic mass is 9.79. The van der Waals surface area contributed by atoms with Crippen LogP contribution >= 0.6 is 0 Å². The molecule has 1 heterocycles. The Morgan fingerprint density at radius 1 is 1.62 bits per heavy atom. The van der Waals surface area contributed by atoms with Crippen LogP contribution in [0.2, 0.25) is 0 Å². The zero-order valence-corrected chi connectivity index (χ0v) is 9.11. The molecular weight excluding hydrogens is 209 g/mol. The second-order valence-corrected chi connectivity index (χ2v) is 4.69. The van der Waals surface area contributed by atoms with Gasteiger partial charge in [0.2, 0.25) is 0 Å². The average molecular weight is 223 g/mol. The van der Waals surface area contributed by atoms with E-state index in [9.17, 15) is 14.3 Å². The van der Waals surface area contributed by atoms with Crippen molar-refractivity contribution in [2.24, 2.45) is 11.3 Å². The highest BCUT2D eigenvalue weighted by Gasteiger charge is 2.47. The van der Waals surface area contributed by atoms with Crippen molar-refractivity contribution in [1.29, 1.82) is 0 Å². The number of aromatic nitrogens is 1. The molecule has 0 aliphatic heterocycles. The molecule has 2 rings (SSSR count). The van der Waals surface area contributed by atoms with E-state index in [4.69, 9.17) is 0 Å². The van der Waals surface area contributed by atoms with Gasteiger partial charge in [0.05, 0.1) is 11.6 Å². The fraction of sp³-hybridized carbons (Fsp3) is 0.500. The molecule has 0 aromatic carbocycles. The average Bonchev–Trinajstić information content (AvgIpc) is 3.00. The predicted octanol–water partition coefficient (Wildman–Crippen LogP) is 2.26. The number of aliphatic carboxylic acids is 1. The molecule has 3 nitrogen and oxygen atoms in total. The zero-order chi connectivity index (χ0) is 11.8. The number of pyridine rings is 1. The van der Waals surface area contributed by atoms with E-state index in [-0.39, 0.29) is 5.92 Å². The largest absolute Gasteiger partial charge is 0.481 e. The molecule has 0 saturated heterocycles. The molecule has 1 N–H and O–H groups in total. The summed E-state index contributed by atoms with van der Waals surface area (Å²) in [4.78, 5) is 15.0. The molecule has 86 valence electrons. The number of rotatable bonds is 4. The number of hydrogen-bond donors (Lipinski definition) is 1. The summed E-state index contributed by atoms with van der Waals surface area (Å²) in [5.41, 5.74) is -0.132. The second-order valence-electron chi connectivity index (χ2n) is 4.69. The molecule has 0 radical (unpaired) electrons. The van der Waals surface area contributed by atoms with Gasteiger partial charge < -0.3 is 5.11 Å². The van der Waals surface area contributed by atoms with Crippen molar-refractivity contribution in [2.75, 3.05) is 0 Å². The molecule has 1 aromatic rings. The molecule has 1 unspecified atom stereocenters. The number of nitrogens with zero attached hydrogens (tertiary/aromatic N) is 1. The van der Waals surface area contributed by atoms with Gasteiger partial charge >= 0.3 is 5.97 Å². The summed E-state index contributed by atoms with van der Waals surface area (Å²) in [7, 11) is 0. The molecule has 4 heteroatoms. The maximum atomic E-state index is 13.0. The van der Waals surface area contributed by atoms with Gasteiger partial charge in [-0.3, -0.25) is 9.78 Å². The molecular formula is C12H14FNO2. The topological polar surface area (TPSA) is 50.2 Å². The lowest BCUT2D eigenvalue weighted by Crippen LogP contribution is -2.32. The van der Waals surface area contributed by atoms with Gasteiger partial charge in [-0.15, -0.1) is 0 Å². The predicted molar refractivity (Wildman–Crippen MR) is 56.4 cm³/mol. The SMILES string of the molecule is CC(Cc1cncc(F)c1)(C(=O)O)C1CC1. The fourth-order valence-corrected chi connectivity index (χ4v) is 2.09. The fourth-order valence-electron chi connectivity index (χ4n) is 2.09. The van der Waals surface area contributed by atoms with Gasteiger partial charge in [-0.25, -0.2) is 4.39 Å². The highest BCUT2D eigenvalue weighted by molar-refractivity contribution is 5.75. The smallest absolute Gasteiger partial charge is 0.309 e. The molecule has 1 aromatic heterocycles. The minimum atomic E-state index is -0.806. The van der Waals surface area contributed by atoms with E-state index in [0.717, 1.165) is 19.0 Å². The number of hydrogen-bond acceptors (Lipinski definition) is 2. The van der Waals surface area contributed by atoms with Crippen molar-refractivity contribution in [2.45, 2.75) is 26.2 Å². The van der Waals surface area contributed by atoms with Crippen molar-refractivity contribution in [3.63, 3.8) is 0 Å². The van der Waals surface area contributed by atoms with E-state index >= 15 is 0 Å². The summed E-state index contributed by atoms with van der Waals surface area (Å²) in [6.45, 7) is 1.73. The van der Waals surface area contributed by atoms with Crippen molar-refractivity contribution in [3.8, 4) is 0 Å². The van der Waals surface area contributed by atoms with Gasteiger partial charge in [0, 0.05) is 6.20 Å². The summed E-state index contributed by atoms with van der Waals surface area (Å²) in [6.07, 6.45) is 4.90. The Kier molecular flexibility index (Phi) is 2.66. The number of halogens is 1. The first kappa shape index (κ1) is 11.0. The maximum absolute atomic E-state index is 13.0. The monoisotopic (exact) mass is 223 g/mol. The van der Waals surface area contributed by atoms with Crippen molar-refractivity contribution in [1.82, 2.24) is 4.98 Å². The van der Waals surface area contributed by atoms with Gasteiger partial charge in [0.25, 0.3) is 0 Å². The van der Waals surface area contributed by atoms with Gasteiger partial charge in [-0.1, -0.05) is 0 Å². The third-order valence-electron chi connectivity index (χ3n) is 3.30. The van der Waals surface area contributed by atoms with Crippen LogP contribution in [0.25, 0.3) is 0 Å². The standard InChI is InChI=1S/C12H14FNO2/c1-12(11(15)16,9-2-3-9)5-8-4-10(13)7-14-6-8/h4,6-7,9H,2-3,5H2,1H3,(H,15,16). The molecule has 1 saturated carbocycles. The molecule has 0 spiro atoms. The summed E-state index contributed by atoms with van der Waals surface area (Å²) in [5, 5.41) is 9.26. The maximum Gasteiger partial charge on any atom is 0.309 e. The Bertz CT molecular complexity index is 417. The van der Waals surface area contributed by atoms with Crippen LogP contribution in [-0.2, 0) is 11.2 Å². The van der Waals surface area contributed by atoms with E-state index in [1.807, 2.05) is 0 Å². The summed E-state index contributed by atoms with van der Waals surface area (Å²) >= 11 is 0. The van der Waals surface area contributed by atoms with Gasteiger partial charge in [-0.05, 0) is 43.7 Å². The first-order valence-electron chi connectivity index (χ1n) is 5.35. The van der Waals surface area contributed by atoms with Gasteiger partial charge in [0.15, 0.2) is 0 Å². The van der Waals surface area contributed by atoms with E-state index in [1.54, 1.807) is 6.92 Å². The molecule has 0 amide bonds. The molecule has 1 aliphatic rings. The Balaban J connectivity index is 2.21. The first-order valence-corrected chi connectivity index (χ1v) is 5.35. The van der Waals surface area contributed by atoms with E-state index < -0.39 is 17.2 Å². The third-order valence-corrected chi connectivity index (χ3v) is 3.30. The lowest BCUT2D eigenvalue weighted by Gasteiger charge is -2.24. The third kappa shape index (κ3) is 2.05. The number of carboxylic acids is 1. The molecule has 0 bridgehead atoms. The minimum absolute atomic E-state index is 0.216. The highest BCUT2D eigenvalue weighted by atomic mass is 19.1. The van der Waals surface area contributed by atoms with Crippen LogP contribution in [0, 0.1) is 17.2 Å². The first-order chi connectivity index (χ1) is 7.52. The number of carbonyl (C=O) groups is 1. The quantitative estimate of drug-likeness (QED) is 0.851. The molecule has 1 fully saturated rings. The number of carboxylic acid groups (broad SMARTS) is 1. The van der Waals surface area contributed by atoms with Crippen LogP contribution in [-0.4, -0.2) is 16.1 Å². The molecule has 16 heavy (non-hydrogen) atoms. The summed E-state index contributed by atoms with van der Waals surface area (Å²) in [6, 6.07) is 1.36. The minimum Gasteiger partial charge on any atom is -0.481 e. The van der Waals surface area contributed by atoms with Crippen LogP contribution in [0.4, 0.5) is 4.39 Å². The van der Waals surface area contributed by atoms with Gasteiger partial charge in [0.1, 0.15) is 5.82 Å². The van der Waals surface area contributed by atoms with Crippen molar-refractivity contribution < 1.29 is 14.3 Å². The van der Waals surface area contributed by atoms with Crippen molar-refractivity contribution in [3.05, 3.63) is 29.8 Å². The Hall–Kier alpha value is -1.45. The summed E-state index contributed by atoms with van der Waals surface area (Å²) in [5.74, 6) is -1.01. The van der Waals surface area contributed by atoms with Crippen LogP contribution in [0.1, 0.15) is 25.3 Å². The van der Waals surface area contributed by atoms with Crippen LogP contribution < -0.4 is 0 Å². The Morgan fingerprint density at radius 3 is 2.81 bits per heavy atom. The second kappa shape index (κ2) is 3.85. The lowest BCUT2D eigenvalue weighted by molar-refractivity contribution is -0.149. The van der Waals surface area contributed by atoms with Crippen LogP contribution in [0.5, 0.6) is 0 Å². The van der Waals surface area contributed by atoms with Crippen LogP contribution in [0.3, 0.4) is 0 Å². The molecule has 1 aliphatic carbocycles. The summed E-state index contributed by atoms with van der Waals surface area (Å²) < 4.78 is 13.0. The van der Waals surface area contributed by atoms with E-state index in [2.05, 4.69) is 4.98 Å².